The summed E-state index contributed by atoms with van der Waals surface area (Å²) in [6.45, 7) is 0.0139. The van der Waals surface area contributed by atoms with Gasteiger partial charge >= 0.3 is 5.97 Å². The number of anilines is 1. The summed E-state index contributed by atoms with van der Waals surface area (Å²) in [5.41, 5.74) is -2.28. The molecule has 1 aliphatic heterocycles. The first kappa shape index (κ1) is 13.2. The van der Waals surface area contributed by atoms with Gasteiger partial charge in [-0.2, -0.15) is 5.26 Å². The van der Waals surface area contributed by atoms with Crippen LogP contribution in [0.5, 0.6) is 0 Å². The molecule has 5 nitrogen and oxygen atoms in total. The van der Waals surface area contributed by atoms with Crippen LogP contribution in [0.2, 0.25) is 0 Å². The predicted molar refractivity (Wildman–Crippen MR) is 60.5 cm³/mol. The van der Waals surface area contributed by atoms with Gasteiger partial charge in [0.25, 0.3) is 0 Å². The molecule has 1 fully saturated rings. The van der Waals surface area contributed by atoms with Crippen molar-refractivity contribution in [2.24, 2.45) is 0 Å². The van der Waals surface area contributed by atoms with E-state index in [-0.39, 0.29) is 25.2 Å². The number of ether oxygens (including phenoxy) is 1. The van der Waals surface area contributed by atoms with Gasteiger partial charge in [-0.25, -0.2) is 13.6 Å². The fourth-order valence-corrected chi connectivity index (χ4v) is 1.88. The van der Waals surface area contributed by atoms with Crippen LogP contribution in [0, 0.1) is 23.0 Å². The van der Waals surface area contributed by atoms with Crippen molar-refractivity contribution in [2.75, 3.05) is 18.5 Å². The lowest BCUT2D eigenvalue weighted by atomic mass is 9.98. The van der Waals surface area contributed by atoms with Crippen LogP contribution in [0.15, 0.2) is 12.1 Å². The Morgan fingerprint density at radius 2 is 2.11 bits per heavy atom. The normalized spacial score (nSPS) is 21.9. The summed E-state index contributed by atoms with van der Waals surface area (Å²) < 4.78 is 32.4. The van der Waals surface area contributed by atoms with Crippen molar-refractivity contribution in [1.82, 2.24) is 0 Å². The molecular weight excluding hydrogens is 258 g/mol. The Labute approximate surface area is 107 Å². The highest BCUT2D eigenvalue weighted by Gasteiger charge is 2.43. The summed E-state index contributed by atoms with van der Waals surface area (Å²) in [6.07, 6.45) is 0.0984. The molecule has 0 amide bonds. The fourth-order valence-electron chi connectivity index (χ4n) is 1.88. The van der Waals surface area contributed by atoms with Gasteiger partial charge in [0.2, 0.25) is 0 Å². The molecule has 1 aromatic rings. The first-order valence-corrected chi connectivity index (χ1v) is 5.47. The monoisotopic (exact) mass is 268 g/mol. The van der Waals surface area contributed by atoms with E-state index in [0.29, 0.717) is 0 Å². The zero-order chi connectivity index (χ0) is 14.0. The number of nitrogens with one attached hydrogen (secondary N) is 1. The Balaban J connectivity index is 2.38. The lowest BCUT2D eigenvalue weighted by molar-refractivity contribution is -0.142. The topological polar surface area (TPSA) is 82.4 Å². The average molecular weight is 268 g/mol. The van der Waals surface area contributed by atoms with E-state index in [1.54, 1.807) is 6.07 Å². The third-order valence-corrected chi connectivity index (χ3v) is 2.97. The summed E-state index contributed by atoms with van der Waals surface area (Å²) in [5.74, 6) is -3.26. The van der Waals surface area contributed by atoms with Crippen molar-refractivity contribution in [1.29, 1.82) is 5.26 Å². The van der Waals surface area contributed by atoms with Crippen LogP contribution < -0.4 is 5.32 Å². The zero-order valence-corrected chi connectivity index (χ0v) is 9.74. The van der Waals surface area contributed by atoms with Crippen molar-refractivity contribution in [3.63, 3.8) is 0 Å². The van der Waals surface area contributed by atoms with Crippen LogP contribution in [-0.4, -0.2) is 29.8 Å². The summed E-state index contributed by atoms with van der Waals surface area (Å²) in [6, 6.07) is 3.30. The fraction of sp³-hybridized carbons (Fsp3) is 0.333. The number of benzene rings is 1. The van der Waals surface area contributed by atoms with Crippen molar-refractivity contribution in [2.45, 2.75) is 12.0 Å². The summed E-state index contributed by atoms with van der Waals surface area (Å²) in [5, 5.41) is 20.1. The minimum atomic E-state index is -1.55. The van der Waals surface area contributed by atoms with Crippen molar-refractivity contribution in [3.8, 4) is 6.07 Å². The first-order valence-electron chi connectivity index (χ1n) is 5.47. The van der Waals surface area contributed by atoms with Gasteiger partial charge in [-0.3, -0.25) is 0 Å². The van der Waals surface area contributed by atoms with Crippen molar-refractivity contribution in [3.05, 3.63) is 29.3 Å². The van der Waals surface area contributed by atoms with E-state index in [1.807, 2.05) is 0 Å². The summed E-state index contributed by atoms with van der Waals surface area (Å²) >= 11 is 0. The second-order valence-electron chi connectivity index (χ2n) is 4.24. The third-order valence-electron chi connectivity index (χ3n) is 2.97. The van der Waals surface area contributed by atoms with Gasteiger partial charge < -0.3 is 15.2 Å². The number of carboxylic acid groups (broad SMARTS) is 1. The van der Waals surface area contributed by atoms with Crippen LogP contribution in [0.4, 0.5) is 14.5 Å². The van der Waals surface area contributed by atoms with Crippen LogP contribution in [-0.2, 0) is 9.53 Å². The van der Waals surface area contributed by atoms with Crippen LogP contribution >= 0.6 is 0 Å². The Kier molecular flexibility index (Phi) is 3.36. The number of rotatable bonds is 3. The molecule has 1 aliphatic rings. The van der Waals surface area contributed by atoms with E-state index < -0.39 is 28.8 Å². The highest BCUT2D eigenvalue weighted by molar-refractivity contribution is 5.83. The van der Waals surface area contributed by atoms with Gasteiger partial charge in [0.05, 0.1) is 18.2 Å². The highest BCUT2D eigenvalue weighted by Crippen LogP contribution is 2.29. The molecule has 1 heterocycles. The maximum absolute atomic E-state index is 13.7. The molecule has 0 radical (unpaired) electrons. The Morgan fingerprint density at radius 3 is 2.53 bits per heavy atom. The van der Waals surface area contributed by atoms with Crippen LogP contribution in [0.25, 0.3) is 0 Å². The molecule has 0 aromatic heterocycles. The zero-order valence-electron chi connectivity index (χ0n) is 9.74. The first-order chi connectivity index (χ1) is 8.98. The molecule has 1 saturated heterocycles. The molecular formula is C12H10F2N2O3. The molecule has 2 N–H and O–H groups in total. The molecule has 19 heavy (non-hydrogen) atoms. The van der Waals surface area contributed by atoms with Crippen LogP contribution in [0.3, 0.4) is 0 Å². The Morgan fingerprint density at radius 1 is 1.47 bits per heavy atom. The Bertz CT molecular complexity index is 540. The highest BCUT2D eigenvalue weighted by atomic mass is 19.1. The largest absolute Gasteiger partial charge is 0.479 e. The number of hydrogen-bond acceptors (Lipinski definition) is 4. The molecule has 0 aliphatic carbocycles. The molecule has 2 rings (SSSR count). The molecule has 1 aromatic carbocycles. The quantitative estimate of drug-likeness (QED) is 0.867. The molecule has 100 valence electrons. The predicted octanol–water partition coefficient (Wildman–Crippen LogP) is 1.49. The van der Waals surface area contributed by atoms with E-state index in [1.165, 1.54) is 0 Å². The number of nitrogens with zero attached hydrogens (tertiary/aromatic N) is 1. The summed E-state index contributed by atoms with van der Waals surface area (Å²) in [4.78, 5) is 11.2. The second-order valence-corrected chi connectivity index (χ2v) is 4.24. The van der Waals surface area contributed by atoms with Gasteiger partial charge in [-0.15, -0.1) is 0 Å². The molecule has 7 heteroatoms. The number of nitriles is 1. The maximum Gasteiger partial charge on any atom is 0.331 e. The van der Waals surface area contributed by atoms with Crippen molar-refractivity contribution < 1.29 is 23.4 Å². The number of hydrogen-bond donors (Lipinski definition) is 2. The van der Waals surface area contributed by atoms with Gasteiger partial charge in [0.1, 0.15) is 5.69 Å². The SMILES string of the molecule is N#Cc1cc(F)c(NC2(C(=O)O)CCOC2)c(F)c1. The van der Waals surface area contributed by atoms with E-state index >= 15 is 0 Å². The lowest BCUT2D eigenvalue weighted by Crippen LogP contribution is -2.47. The van der Waals surface area contributed by atoms with E-state index in [2.05, 4.69) is 5.32 Å². The standard InChI is InChI=1S/C12H10F2N2O3/c13-8-3-7(5-15)4-9(14)10(8)16-12(11(17)18)1-2-19-6-12/h3-4,16H,1-2,6H2,(H,17,18). The van der Waals surface area contributed by atoms with Gasteiger partial charge in [-0.05, 0) is 12.1 Å². The lowest BCUT2D eigenvalue weighted by Gasteiger charge is -2.25. The number of carbonyl (C=O) groups is 1. The number of aliphatic carboxylic acids is 1. The maximum atomic E-state index is 13.7. The van der Waals surface area contributed by atoms with Crippen LogP contribution in [0.1, 0.15) is 12.0 Å². The van der Waals surface area contributed by atoms with Crippen molar-refractivity contribution >= 4 is 11.7 Å². The smallest absolute Gasteiger partial charge is 0.331 e. The second kappa shape index (κ2) is 4.82. The molecule has 0 spiro atoms. The van der Waals surface area contributed by atoms with Gasteiger partial charge in [0, 0.05) is 13.0 Å². The van der Waals surface area contributed by atoms with E-state index in [9.17, 15) is 13.6 Å². The van der Waals surface area contributed by atoms with Gasteiger partial charge in [0.15, 0.2) is 17.2 Å². The molecule has 1 unspecified atom stereocenters. The minimum absolute atomic E-state index is 0.0984. The van der Waals surface area contributed by atoms with E-state index in [0.717, 1.165) is 12.1 Å². The molecule has 0 bridgehead atoms. The molecule has 0 saturated carbocycles. The average Bonchev–Trinajstić information content (AvgIpc) is 2.83. The summed E-state index contributed by atoms with van der Waals surface area (Å²) in [7, 11) is 0. The van der Waals surface area contributed by atoms with Gasteiger partial charge in [-0.1, -0.05) is 0 Å². The van der Waals surface area contributed by atoms with E-state index in [4.69, 9.17) is 15.1 Å². The molecule has 1 atom stereocenters. The minimum Gasteiger partial charge on any atom is -0.479 e. The number of halogens is 2. The third kappa shape index (κ3) is 2.35. The Hall–Kier alpha value is -2.20. The number of carboxylic acids is 1.